The Morgan fingerprint density at radius 2 is 1.91 bits per heavy atom. The molecule has 0 radical (unpaired) electrons. The van der Waals surface area contributed by atoms with Crippen LogP contribution < -0.4 is 10.1 Å². The van der Waals surface area contributed by atoms with Crippen LogP contribution in [-0.2, 0) is 16.0 Å². The van der Waals surface area contributed by atoms with Crippen LogP contribution in [-0.4, -0.2) is 40.5 Å². The van der Waals surface area contributed by atoms with E-state index in [1.165, 1.54) is 10.7 Å². The SMILES string of the molecule is CCOCCOc1nc(-c2ccccc2F)n(-c2ccc(NC(=O)Cc3cccs3)cc2)n1. The molecule has 0 fully saturated rings. The molecule has 4 rings (SSSR count). The average Bonchev–Trinajstić information content (AvgIpc) is 3.48. The van der Waals surface area contributed by atoms with Crippen molar-refractivity contribution in [2.75, 3.05) is 25.1 Å². The van der Waals surface area contributed by atoms with E-state index in [0.29, 0.717) is 42.4 Å². The van der Waals surface area contributed by atoms with Gasteiger partial charge in [-0.1, -0.05) is 18.2 Å². The molecular formula is C24H23FN4O3S. The Bertz CT molecular complexity index is 1190. The van der Waals surface area contributed by atoms with Crippen molar-refractivity contribution in [3.63, 3.8) is 0 Å². The van der Waals surface area contributed by atoms with Gasteiger partial charge in [-0.2, -0.15) is 4.98 Å². The van der Waals surface area contributed by atoms with Crippen LogP contribution in [0.2, 0.25) is 0 Å². The summed E-state index contributed by atoms with van der Waals surface area (Å²) in [4.78, 5) is 17.7. The molecule has 0 unspecified atom stereocenters. The maximum Gasteiger partial charge on any atom is 0.336 e. The molecule has 2 heterocycles. The maximum atomic E-state index is 14.5. The molecule has 4 aromatic rings. The second kappa shape index (κ2) is 10.8. The Kier molecular flexibility index (Phi) is 7.43. The first-order valence-corrected chi connectivity index (χ1v) is 11.4. The largest absolute Gasteiger partial charge is 0.460 e. The number of amides is 1. The lowest BCUT2D eigenvalue weighted by molar-refractivity contribution is -0.115. The van der Waals surface area contributed by atoms with E-state index in [4.69, 9.17) is 9.47 Å². The number of nitrogens with one attached hydrogen (secondary N) is 1. The number of hydrogen-bond acceptors (Lipinski definition) is 6. The van der Waals surface area contributed by atoms with Gasteiger partial charge in [0.2, 0.25) is 5.91 Å². The second-order valence-corrected chi connectivity index (χ2v) is 8.04. The van der Waals surface area contributed by atoms with Gasteiger partial charge in [0.1, 0.15) is 12.4 Å². The lowest BCUT2D eigenvalue weighted by Crippen LogP contribution is -2.13. The van der Waals surface area contributed by atoms with Gasteiger partial charge in [-0.3, -0.25) is 4.79 Å². The third-order valence-corrected chi connectivity index (χ3v) is 5.55. The number of anilines is 1. The van der Waals surface area contributed by atoms with Gasteiger partial charge in [0.25, 0.3) is 0 Å². The van der Waals surface area contributed by atoms with Gasteiger partial charge < -0.3 is 14.8 Å². The molecule has 7 nitrogen and oxygen atoms in total. The van der Waals surface area contributed by atoms with Crippen LogP contribution in [0.15, 0.2) is 66.0 Å². The Balaban J connectivity index is 1.55. The number of rotatable bonds is 10. The number of nitrogens with zero attached hydrogens (tertiary/aromatic N) is 3. The van der Waals surface area contributed by atoms with Crippen LogP contribution in [0.5, 0.6) is 6.01 Å². The number of ether oxygens (including phenoxy) is 2. The zero-order chi connectivity index (χ0) is 23.0. The average molecular weight is 467 g/mol. The zero-order valence-corrected chi connectivity index (χ0v) is 18.8. The molecule has 0 aliphatic carbocycles. The third-order valence-electron chi connectivity index (χ3n) is 4.68. The van der Waals surface area contributed by atoms with E-state index < -0.39 is 5.82 Å². The van der Waals surface area contributed by atoms with Crippen LogP contribution >= 0.6 is 11.3 Å². The Morgan fingerprint density at radius 1 is 1.09 bits per heavy atom. The summed E-state index contributed by atoms with van der Waals surface area (Å²) < 4.78 is 26.9. The minimum Gasteiger partial charge on any atom is -0.460 e. The number of carbonyl (C=O) groups is 1. The topological polar surface area (TPSA) is 78.3 Å². The summed E-state index contributed by atoms with van der Waals surface area (Å²) in [5.74, 6) is -0.193. The Hall–Kier alpha value is -3.56. The maximum absolute atomic E-state index is 14.5. The summed E-state index contributed by atoms with van der Waals surface area (Å²) in [5.41, 5.74) is 1.61. The molecule has 2 aromatic heterocycles. The van der Waals surface area contributed by atoms with Crippen molar-refractivity contribution >= 4 is 22.9 Å². The summed E-state index contributed by atoms with van der Waals surface area (Å²) >= 11 is 1.54. The minimum absolute atomic E-state index is 0.0945. The highest BCUT2D eigenvalue weighted by molar-refractivity contribution is 7.10. The molecule has 0 aliphatic heterocycles. The van der Waals surface area contributed by atoms with E-state index >= 15 is 0 Å². The number of benzene rings is 2. The van der Waals surface area contributed by atoms with Crippen molar-refractivity contribution in [2.45, 2.75) is 13.3 Å². The van der Waals surface area contributed by atoms with Crippen molar-refractivity contribution in [1.82, 2.24) is 14.8 Å². The molecule has 0 bridgehead atoms. The normalized spacial score (nSPS) is 10.8. The monoisotopic (exact) mass is 466 g/mol. The van der Waals surface area contributed by atoms with Gasteiger partial charge in [0.15, 0.2) is 5.82 Å². The number of thiophene rings is 1. The van der Waals surface area contributed by atoms with E-state index in [1.54, 1.807) is 53.8 Å². The fraction of sp³-hybridized carbons (Fsp3) is 0.208. The lowest BCUT2D eigenvalue weighted by atomic mass is 10.2. The molecule has 33 heavy (non-hydrogen) atoms. The van der Waals surface area contributed by atoms with Gasteiger partial charge in [-0.15, -0.1) is 16.4 Å². The van der Waals surface area contributed by atoms with Crippen molar-refractivity contribution in [3.05, 3.63) is 76.7 Å². The standard InChI is InChI=1S/C24H23FN4O3S/c1-2-31-13-14-32-24-27-23(20-7-3-4-8-21(20)25)29(28-24)18-11-9-17(10-12-18)26-22(30)16-19-6-5-15-33-19/h3-12,15H,2,13-14,16H2,1H3,(H,26,30). The Labute approximate surface area is 194 Å². The summed E-state index contributed by atoms with van der Waals surface area (Å²) in [7, 11) is 0. The van der Waals surface area contributed by atoms with Crippen LogP contribution in [0, 0.1) is 5.82 Å². The minimum atomic E-state index is -0.413. The molecular weight excluding hydrogens is 443 g/mol. The number of halogens is 1. The predicted molar refractivity (Wildman–Crippen MR) is 125 cm³/mol. The van der Waals surface area contributed by atoms with E-state index in [1.807, 2.05) is 24.4 Å². The molecule has 0 saturated carbocycles. The summed E-state index contributed by atoms with van der Waals surface area (Å²) in [6.45, 7) is 3.17. The van der Waals surface area contributed by atoms with Crippen molar-refractivity contribution in [3.8, 4) is 23.1 Å². The smallest absolute Gasteiger partial charge is 0.336 e. The fourth-order valence-electron chi connectivity index (χ4n) is 3.15. The van der Waals surface area contributed by atoms with Crippen molar-refractivity contribution < 1.29 is 18.7 Å². The van der Waals surface area contributed by atoms with Gasteiger partial charge >= 0.3 is 6.01 Å². The molecule has 2 aromatic carbocycles. The van der Waals surface area contributed by atoms with Crippen molar-refractivity contribution in [2.24, 2.45) is 0 Å². The van der Waals surface area contributed by atoms with Crippen LogP contribution in [0.3, 0.4) is 0 Å². The third kappa shape index (κ3) is 5.82. The first kappa shape index (κ1) is 22.6. The van der Waals surface area contributed by atoms with Gasteiger partial charge in [0, 0.05) is 17.2 Å². The Morgan fingerprint density at radius 3 is 2.64 bits per heavy atom. The van der Waals surface area contributed by atoms with E-state index in [2.05, 4.69) is 15.4 Å². The second-order valence-electron chi connectivity index (χ2n) is 7.01. The van der Waals surface area contributed by atoms with E-state index in [0.717, 1.165) is 4.88 Å². The first-order chi connectivity index (χ1) is 16.1. The summed E-state index contributed by atoms with van der Waals surface area (Å²) in [5, 5.41) is 9.24. The number of carbonyl (C=O) groups excluding carboxylic acids is 1. The summed E-state index contributed by atoms with van der Waals surface area (Å²) in [6, 6.07) is 17.4. The van der Waals surface area contributed by atoms with E-state index in [9.17, 15) is 9.18 Å². The van der Waals surface area contributed by atoms with Crippen LogP contribution in [0.25, 0.3) is 17.1 Å². The number of hydrogen-bond donors (Lipinski definition) is 1. The molecule has 1 N–H and O–H groups in total. The lowest BCUT2D eigenvalue weighted by Gasteiger charge is -2.08. The van der Waals surface area contributed by atoms with Crippen LogP contribution in [0.1, 0.15) is 11.8 Å². The number of aromatic nitrogens is 3. The molecule has 170 valence electrons. The quantitative estimate of drug-likeness (QED) is 0.342. The molecule has 0 saturated heterocycles. The zero-order valence-electron chi connectivity index (χ0n) is 18.0. The van der Waals surface area contributed by atoms with Gasteiger partial charge in [0.05, 0.1) is 24.3 Å². The first-order valence-electron chi connectivity index (χ1n) is 10.5. The van der Waals surface area contributed by atoms with Gasteiger partial charge in [-0.25, -0.2) is 9.07 Å². The van der Waals surface area contributed by atoms with Gasteiger partial charge in [-0.05, 0) is 54.8 Å². The van der Waals surface area contributed by atoms with E-state index in [-0.39, 0.29) is 18.5 Å². The van der Waals surface area contributed by atoms with Crippen LogP contribution in [0.4, 0.5) is 10.1 Å². The molecule has 0 aliphatic rings. The molecule has 0 spiro atoms. The summed E-state index contributed by atoms with van der Waals surface area (Å²) in [6.07, 6.45) is 0.322. The molecule has 1 amide bonds. The fourth-order valence-corrected chi connectivity index (χ4v) is 3.85. The predicted octanol–water partition coefficient (Wildman–Crippen LogP) is 4.73. The molecule has 9 heteroatoms. The molecule has 0 atom stereocenters. The van der Waals surface area contributed by atoms with Crippen molar-refractivity contribution in [1.29, 1.82) is 0 Å². The highest BCUT2D eigenvalue weighted by Gasteiger charge is 2.18. The highest BCUT2D eigenvalue weighted by atomic mass is 32.1. The highest BCUT2D eigenvalue weighted by Crippen LogP contribution is 2.26.